The smallest absolute Gasteiger partial charge is 0.420 e. The molecule has 0 saturated heterocycles. The van der Waals surface area contributed by atoms with Gasteiger partial charge in [-0.1, -0.05) is 0 Å². The van der Waals surface area contributed by atoms with E-state index < -0.39 is 40.8 Å². The van der Waals surface area contributed by atoms with Gasteiger partial charge in [0.25, 0.3) is 0 Å². The molecule has 0 aliphatic rings. The molecule has 0 fully saturated rings. The van der Waals surface area contributed by atoms with E-state index in [0.717, 1.165) is 0 Å². The first kappa shape index (κ1) is 19.8. The van der Waals surface area contributed by atoms with E-state index in [9.17, 15) is 30.0 Å². The molecule has 0 spiro atoms. The van der Waals surface area contributed by atoms with Gasteiger partial charge in [-0.05, 0) is 25.6 Å². The van der Waals surface area contributed by atoms with Crippen LogP contribution in [0.4, 0.5) is 13.2 Å². The number of nitrogens with zero attached hydrogens (tertiary/aromatic N) is 1. The summed E-state index contributed by atoms with van der Waals surface area (Å²) in [5.41, 5.74) is -5.78. The van der Waals surface area contributed by atoms with E-state index in [1.807, 2.05) is 13.1 Å². The first-order chi connectivity index (χ1) is 8.72. The van der Waals surface area contributed by atoms with Crippen molar-refractivity contribution in [2.45, 2.75) is 31.1 Å². The maximum atomic E-state index is 11.9. The van der Waals surface area contributed by atoms with Gasteiger partial charge in [0.1, 0.15) is 0 Å². The second kappa shape index (κ2) is 6.70. The van der Waals surface area contributed by atoms with Crippen molar-refractivity contribution in [2.24, 2.45) is 0 Å². The normalized spacial score (nSPS) is 14.5. The van der Waals surface area contributed by atoms with Crippen molar-refractivity contribution >= 4 is 28.6 Å². The number of sulfonamides is 1. The lowest BCUT2D eigenvalue weighted by atomic mass is 10.5. The van der Waals surface area contributed by atoms with Gasteiger partial charge in [-0.3, -0.25) is 4.18 Å². The average Bonchev–Trinajstić information content (AvgIpc) is 2.21. The number of hydrogen-bond acceptors (Lipinski definition) is 6. The molecule has 13 heteroatoms. The van der Waals surface area contributed by atoms with Crippen molar-refractivity contribution in [2.75, 3.05) is 13.7 Å². The highest BCUT2D eigenvalue weighted by molar-refractivity contribution is 8.10. The highest BCUT2D eigenvalue weighted by Gasteiger charge is 2.40. The molecule has 0 rings (SSSR count). The Morgan fingerprint density at radius 1 is 1.15 bits per heavy atom. The van der Waals surface area contributed by atoms with Crippen LogP contribution in [-0.4, -0.2) is 44.4 Å². The largest absolute Gasteiger partial charge is 0.480 e. The predicted molar refractivity (Wildman–Crippen MR) is 67.1 cm³/mol. The third-order valence-electron chi connectivity index (χ3n) is 2.19. The quantitative estimate of drug-likeness (QED) is 0.484. The van der Waals surface area contributed by atoms with Crippen molar-refractivity contribution in [1.29, 1.82) is 0 Å². The summed E-state index contributed by atoms with van der Waals surface area (Å²) in [6, 6.07) is 0.491. The maximum Gasteiger partial charge on any atom is 0.480 e. The van der Waals surface area contributed by atoms with Crippen LogP contribution in [0.1, 0.15) is 6.42 Å². The standard InChI is InChI=1S/C7H15F3NO6S2Si/c1-16-20(2,3)6-4-5-17-19(14,15)11-18(12,13)7(8,9)10/h4-6H2,1-3H3/q-1. The molecule has 0 aromatic carbocycles. The van der Waals surface area contributed by atoms with Crippen LogP contribution in [0.3, 0.4) is 0 Å². The molecule has 0 unspecified atom stereocenters. The zero-order valence-corrected chi connectivity index (χ0v) is 13.6. The molecule has 7 nitrogen and oxygen atoms in total. The summed E-state index contributed by atoms with van der Waals surface area (Å²) in [7, 11) is -11.7. The van der Waals surface area contributed by atoms with Crippen LogP contribution in [0.2, 0.25) is 19.1 Å². The van der Waals surface area contributed by atoms with Crippen molar-refractivity contribution < 1.29 is 38.6 Å². The summed E-state index contributed by atoms with van der Waals surface area (Å²) < 4.78 is 89.9. The zero-order chi connectivity index (χ0) is 16.2. The number of alkyl halides is 3. The Morgan fingerprint density at radius 3 is 2.05 bits per heavy atom. The third kappa shape index (κ3) is 6.99. The lowest BCUT2D eigenvalue weighted by molar-refractivity contribution is -0.0425. The van der Waals surface area contributed by atoms with E-state index in [1.165, 1.54) is 7.11 Å². The van der Waals surface area contributed by atoms with Gasteiger partial charge in [0, 0.05) is 7.11 Å². The van der Waals surface area contributed by atoms with Gasteiger partial charge in [-0.15, -0.1) is 0 Å². The summed E-state index contributed by atoms with van der Waals surface area (Å²) in [5, 5.41) is 0. The highest BCUT2D eigenvalue weighted by atomic mass is 32.3. The topological polar surface area (TPSA) is 101 Å². The Labute approximate surface area is 116 Å². The average molecular weight is 358 g/mol. The van der Waals surface area contributed by atoms with E-state index in [2.05, 4.69) is 4.18 Å². The summed E-state index contributed by atoms with van der Waals surface area (Å²) in [5.74, 6) is 0. The van der Waals surface area contributed by atoms with Gasteiger partial charge in [0.05, 0.1) is 6.61 Å². The zero-order valence-electron chi connectivity index (χ0n) is 11.0. The molecular weight excluding hydrogens is 343 g/mol. The fourth-order valence-electron chi connectivity index (χ4n) is 0.948. The highest BCUT2D eigenvalue weighted by Crippen LogP contribution is 2.30. The minimum Gasteiger partial charge on any atom is -0.420 e. The predicted octanol–water partition coefficient (Wildman–Crippen LogP) is 1.71. The van der Waals surface area contributed by atoms with Crippen LogP contribution >= 0.6 is 0 Å². The SMILES string of the molecule is CO[Si](C)(C)CCCOS(=O)(=O)[N-]S(=O)(=O)C(F)(F)F. The van der Waals surface area contributed by atoms with Gasteiger partial charge in [0.2, 0.25) is 10.3 Å². The minimum absolute atomic E-state index is 0.188. The molecule has 0 radical (unpaired) electrons. The van der Waals surface area contributed by atoms with Gasteiger partial charge in [-0.25, -0.2) is 16.8 Å². The van der Waals surface area contributed by atoms with Crippen molar-refractivity contribution in [3.05, 3.63) is 4.13 Å². The Balaban J connectivity index is 4.44. The fourth-order valence-corrected chi connectivity index (χ4v) is 3.95. The fraction of sp³-hybridized carbons (Fsp3) is 1.00. The van der Waals surface area contributed by atoms with Gasteiger partial charge < -0.3 is 8.55 Å². The van der Waals surface area contributed by atoms with Crippen LogP contribution in [0.25, 0.3) is 4.13 Å². The van der Waals surface area contributed by atoms with Gasteiger partial charge >= 0.3 is 5.51 Å². The summed E-state index contributed by atoms with van der Waals surface area (Å²) in [6.45, 7) is 3.22. The molecule has 0 aliphatic carbocycles. The molecule has 122 valence electrons. The van der Waals surface area contributed by atoms with E-state index in [1.54, 1.807) is 4.13 Å². The molecular formula is C7H15F3NO6S2Si-. The molecule has 0 aliphatic heterocycles. The van der Waals surface area contributed by atoms with Crippen LogP contribution < -0.4 is 0 Å². The van der Waals surface area contributed by atoms with Crippen molar-refractivity contribution in [1.82, 2.24) is 0 Å². The lowest BCUT2D eigenvalue weighted by Crippen LogP contribution is -2.29. The molecule has 0 amide bonds. The Bertz CT molecular complexity index is 515. The first-order valence-corrected chi connectivity index (χ1v) is 11.1. The molecule has 0 aromatic rings. The number of rotatable bonds is 8. The lowest BCUT2D eigenvalue weighted by Gasteiger charge is -2.22. The molecule has 0 atom stereocenters. The molecule has 0 bridgehead atoms. The third-order valence-corrected chi connectivity index (χ3v) is 7.42. The van der Waals surface area contributed by atoms with E-state index in [4.69, 9.17) is 4.43 Å². The summed E-state index contributed by atoms with van der Waals surface area (Å²) >= 11 is 0. The number of halogens is 3. The van der Waals surface area contributed by atoms with E-state index >= 15 is 0 Å². The Hall–Kier alpha value is -0.213. The second-order valence-corrected chi connectivity index (χ2v) is 11.8. The van der Waals surface area contributed by atoms with E-state index in [0.29, 0.717) is 6.04 Å². The van der Waals surface area contributed by atoms with Crippen LogP contribution in [0.15, 0.2) is 0 Å². The molecule has 0 N–H and O–H groups in total. The molecule has 0 aromatic heterocycles. The monoisotopic (exact) mass is 358 g/mol. The first-order valence-electron chi connectivity index (χ1n) is 5.22. The Kier molecular flexibility index (Phi) is 6.63. The van der Waals surface area contributed by atoms with Crippen molar-refractivity contribution in [3.63, 3.8) is 0 Å². The summed E-state index contributed by atoms with van der Waals surface area (Å²) in [4.78, 5) is 0. The summed E-state index contributed by atoms with van der Waals surface area (Å²) in [6.07, 6.45) is 0.188. The second-order valence-electron chi connectivity index (χ2n) is 4.31. The molecule has 0 heterocycles. The maximum absolute atomic E-state index is 11.9. The van der Waals surface area contributed by atoms with Crippen molar-refractivity contribution in [3.8, 4) is 0 Å². The van der Waals surface area contributed by atoms with Crippen LogP contribution in [0, 0.1) is 0 Å². The van der Waals surface area contributed by atoms with Gasteiger partial charge in [-0.2, -0.15) is 13.2 Å². The van der Waals surface area contributed by atoms with Crippen LogP contribution in [-0.2, 0) is 28.9 Å². The minimum atomic E-state index is -6.13. The number of hydrogen-bond donors (Lipinski definition) is 0. The van der Waals surface area contributed by atoms with E-state index in [-0.39, 0.29) is 6.42 Å². The molecule has 20 heavy (non-hydrogen) atoms. The van der Waals surface area contributed by atoms with Gasteiger partial charge in [0.15, 0.2) is 18.3 Å². The van der Waals surface area contributed by atoms with Crippen LogP contribution in [0.5, 0.6) is 0 Å². The Morgan fingerprint density at radius 2 is 1.65 bits per heavy atom. The molecule has 0 saturated carbocycles.